The number of esters is 2. The lowest BCUT2D eigenvalue weighted by molar-refractivity contribution is -0.870. The van der Waals surface area contributed by atoms with E-state index in [0.29, 0.717) is 17.4 Å². The third-order valence-corrected chi connectivity index (χ3v) is 10.2. The number of unbranched alkanes of at least 4 members (excludes halogenated alkanes) is 18. The topological polar surface area (TPSA) is 133 Å². The number of carbonyl (C=O) groups excluding carboxylic acids is 2. The lowest BCUT2D eigenvalue weighted by Crippen LogP contribution is -2.37. The number of carbonyl (C=O) groups is 2. The van der Waals surface area contributed by atoms with Gasteiger partial charge in [0.05, 0.1) is 27.7 Å². The van der Waals surface area contributed by atoms with E-state index in [1.165, 1.54) is 89.9 Å². The number of hydrogen-bond acceptors (Lipinski definition) is 9. The van der Waals surface area contributed by atoms with Gasteiger partial charge in [0.1, 0.15) is 19.8 Å². The fourth-order valence-electron chi connectivity index (χ4n) is 5.79. The highest BCUT2D eigenvalue weighted by Gasteiger charge is 2.38. The molecule has 0 radical (unpaired) electrons. The first-order chi connectivity index (χ1) is 23.9. The van der Waals surface area contributed by atoms with Crippen molar-refractivity contribution in [3.63, 3.8) is 0 Å². The van der Waals surface area contributed by atoms with Crippen LogP contribution in [-0.4, -0.2) is 80.6 Å². The molecule has 50 heavy (non-hydrogen) atoms. The minimum absolute atomic E-state index is 0.0296. The molecule has 2 unspecified atom stereocenters. The quantitative estimate of drug-likeness (QED) is 0.0291. The van der Waals surface area contributed by atoms with E-state index in [1.807, 2.05) is 21.1 Å². The molecule has 2 atom stereocenters. The Hall–Kier alpha value is -1.39. The van der Waals surface area contributed by atoms with Gasteiger partial charge in [0.25, 0.3) is 0 Å². The lowest BCUT2D eigenvalue weighted by Gasteiger charge is -2.24. The van der Waals surface area contributed by atoms with Crippen molar-refractivity contribution in [2.45, 2.75) is 186 Å². The zero-order chi connectivity index (χ0) is 37.0. The van der Waals surface area contributed by atoms with E-state index in [-0.39, 0.29) is 37.7 Å². The molecular weight excluding hydrogens is 657 g/mol. The second kappa shape index (κ2) is 28.2. The zero-order valence-corrected chi connectivity index (χ0v) is 33.6. The number of quaternary nitrogens is 1. The Morgan fingerprint density at radius 2 is 1.10 bits per heavy atom. The van der Waals surface area contributed by atoms with Crippen molar-refractivity contribution in [2.24, 2.45) is 10.2 Å². The molecule has 1 heterocycles. The fraction of sp³-hybridized carbons (Fsp3) is 0.947. The third-order valence-electron chi connectivity index (χ3n) is 9.17. The van der Waals surface area contributed by atoms with Crippen molar-refractivity contribution < 1.29 is 42.1 Å². The van der Waals surface area contributed by atoms with Crippen LogP contribution in [0.5, 0.6) is 0 Å². The summed E-state index contributed by atoms with van der Waals surface area (Å²) in [6.45, 7) is 4.34. The molecule has 0 aliphatic carbocycles. The minimum atomic E-state index is -4.37. The second-order valence-corrected chi connectivity index (χ2v) is 16.8. The molecule has 0 aromatic rings. The van der Waals surface area contributed by atoms with E-state index in [2.05, 4.69) is 24.1 Å². The number of nitrogens with zero attached hydrogens (tertiary/aromatic N) is 3. The van der Waals surface area contributed by atoms with Crippen LogP contribution in [0.4, 0.5) is 0 Å². The maximum atomic E-state index is 12.7. The first-order valence-electron chi connectivity index (χ1n) is 20.1. The summed E-state index contributed by atoms with van der Waals surface area (Å²) in [7, 11) is 1.47. The summed E-state index contributed by atoms with van der Waals surface area (Å²) in [4.78, 5) is 35.2. The molecule has 1 aliphatic heterocycles. The summed E-state index contributed by atoms with van der Waals surface area (Å²) in [6.07, 6.45) is 25.8. The number of phosphoric acid groups is 1. The largest absolute Gasteiger partial charge is 0.472 e. The molecule has 0 saturated heterocycles. The molecule has 0 spiro atoms. The van der Waals surface area contributed by atoms with Crippen LogP contribution < -0.4 is 0 Å². The van der Waals surface area contributed by atoms with Crippen LogP contribution in [0.15, 0.2) is 10.2 Å². The fourth-order valence-corrected chi connectivity index (χ4v) is 6.53. The van der Waals surface area contributed by atoms with Crippen molar-refractivity contribution >= 4 is 19.8 Å². The molecule has 0 aromatic heterocycles. The molecule has 0 fully saturated rings. The van der Waals surface area contributed by atoms with Gasteiger partial charge in [-0.2, -0.15) is 10.2 Å². The normalized spacial score (nSPS) is 15.5. The van der Waals surface area contributed by atoms with Gasteiger partial charge in [0, 0.05) is 12.8 Å². The molecule has 294 valence electrons. The zero-order valence-electron chi connectivity index (χ0n) is 32.7. The Morgan fingerprint density at radius 1 is 0.640 bits per heavy atom. The van der Waals surface area contributed by atoms with Crippen molar-refractivity contribution in [3.8, 4) is 0 Å². The van der Waals surface area contributed by atoms with Crippen molar-refractivity contribution in [2.75, 3.05) is 47.5 Å². The Bertz CT molecular complexity index is 953. The van der Waals surface area contributed by atoms with Crippen LogP contribution >= 0.6 is 7.82 Å². The molecule has 1 rings (SSSR count). The Labute approximate surface area is 305 Å². The first kappa shape index (κ1) is 46.6. The number of ether oxygens (including phenoxy) is 2. The van der Waals surface area contributed by atoms with Gasteiger partial charge in [0.15, 0.2) is 11.8 Å². The van der Waals surface area contributed by atoms with Crippen LogP contribution in [0.3, 0.4) is 0 Å². The van der Waals surface area contributed by atoms with Crippen molar-refractivity contribution in [1.29, 1.82) is 0 Å². The number of rotatable bonds is 36. The SMILES string of the molecule is CCCCCCCCCCCCCC(=O)OCC(COP(=O)(O)OCC[N+](C)(C)C)OC(=O)CCCCCCCCCCC1(CCCC)N=N1. The Balaban J connectivity index is 2.31. The standard InChI is InChI=1S/C38H74N3O8P/c1-6-8-10-11-12-13-14-15-18-21-24-27-36(42)46-33-35(34-48-50(44,45)47-32-31-41(3,4)5)49-37(43)28-25-22-19-16-17-20-23-26-30-38(39-40-38)29-9-7-2/h35H,6-34H2,1-5H3/p+1. The van der Waals surface area contributed by atoms with E-state index >= 15 is 0 Å². The molecule has 1 aliphatic rings. The van der Waals surface area contributed by atoms with Gasteiger partial charge in [-0.05, 0) is 38.5 Å². The van der Waals surface area contributed by atoms with Crippen LogP contribution in [0.25, 0.3) is 0 Å². The predicted octanol–water partition coefficient (Wildman–Crippen LogP) is 10.2. The van der Waals surface area contributed by atoms with Crippen molar-refractivity contribution in [1.82, 2.24) is 0 Å². The Kier molecular flexibility index (Phi) is 26.3. The minimum Gasteiger partial charge on any atom is -0.462 e. The van der Waals surface area contributed by atoms with E-state index in [4.69, 9.17) is 18.5 Å². The monoisotopic (exact) mass is 733 g/mol. The molecule has 1 N–H and O–H groups in total. The van der Waals surface area contributed by atoms with Gasteiger partial charge in [-0.1, -0.05) is 123 Å². The lowest BCUT2D eigenvalue weighted by atomic mass is 9.98. The highest BCUT2D eigenvalue weighted by atomic mass is 31.2. The number of hydrogen-bond donors (Lipinski definition) is 1. The molecule has 0 aromatic carbocycles. The van der Waals surface area contributed by atoms with Crippen LogP contribution in [0.2, 0.25) is 0 Å². The van der Waals surface area contributed by atoms with Gasteiger partial charge >= 0.3 is 19.8 Å². The maximum Gasteiger partial charge on any atom is 0.472 e. The van der Waals surface area contributed by atoms with Crippen LogP contribution in [0, 0.1) is 0 Å². The summed E-state index contributed by atoms with van der Waals surface area (Å²) in [5.41, 5.74) is -0.0410. The predicted molar refractivity (Wildman–Crippen MR) is 200 cm³/mol. The molecule has 0 bridgehead atoms. The molecule has 0 saturated carbocycles. The number of likely N-dealkylation sites (N-methyl/N-ethyl adjacent to an activating group) is 1. The molecule has 11 nitrogen and oxygen atoms in total. The smallest absolute Gasteiger partial charge is 0.462 e. The highest BCUT2D eigenvalue weighted by Crippen LogP contribution is 2.43. The van der Waals surface area contributed by atoms with Gasteiger partial charge < -0.3 is 18.9 Å². The summed E-state index contributed by atoms with van der Waals surface area (Å²) in [5, 5.41) is 8.57. The van der Waals surface area contributed by atoms with Gasteiger partial charge in [-0.25, -0.2) is 4.57 Å². The van der Waals surface area contributed by atoms with E-state index in [0.717, 1.165) is 51.4 Å². The Morgan fingerprint density at radius 3 is 1.60 bits per heavy atom. The van der Waals surface area contributed by atoms with E-state index in [1.54, 1.807) is 0 Å². The van der Waals surface area contributed by atoms with E-state index < -0.39 is 26.5 Å². The molecule has 0 amide bonds. The summed E-state index contributed by atoms with van der Waals surface area (Å²) >= 11 is 0. The molecular formula is C38H75N3O8P+. The van der Waals surface area contributed by atoms with Crippen LogP contribution in [-0.2, 0) is 32.7 Å². The van der Waals surface area contributed by atoms with Crippen molar-refractivity contribution in [3.05, 3.63) is 0 Å². The average molecular weight is 733 g/mol. The summed E-state index contributed by atoms with van der Waals surface area (Å²) in [5.74, 6) is -0.812. The molecule has 12 heteroatoms. The number of phosphoric ester groups is 1. The second-order valence-electron chi connectivity index (χ2n) is 15.3. The van der Waals surface area contributed by atoms with Gasteiger partial charge in [0.2, 0.25) is 0 Å². The summed E-state index contributed by atoms with van der Waals surface area (Å²) in [6, 6.07) is 0. The summed E-state index contributed by atoms with van der Waals surface area (Å²) < 4.78 is 34.2. The first-order valence-corrected chi connectivity index (χ1v) is 21.6. The van der Waals surface area contributed by atoms with Crippen LogP contribution in [0.1, 0.15) is 174 Å². The van der Waals surface area contributed by atoms with Gasteiger partial charge in [-0.3, -0.25) is 18.6 Å². The van der Waals surface area contributed by atoms with E-state index in [9.17, 15) is 19.0 Å². The van der Waals surface area contributed by atoms with Gasteiger partial charge in [-0.15, -0.1) is 0 Å². The average Bonchev–Trinajstić information content (AvgIpc) is 3.83. The maximum absolute atomic E-state index is 12.7. The highest BCUT2D eigenvalue weighted by molar-refractivity contribution is 7.47. The third kappa shape index (κ3) is 28.2.